The van der Waals surface area contributed by atoms with Crippen molar-refractivity contribution < 1.29 is 14.3 Å². The Balaban J connectivity index is 2.11. The minimum atomic E-state index is -0.976. The summed E-state index contributed by atoms with van der Waals surface area (Å²) in [7, 11) is 0. The van der Waals surface area contributed by atoms with Crippen LogP contribution >= 0.6 is 0 Å². The van der Waals surface area contributed by atoms with Gasteiger partial charge >= 0.3 is 5.97 Å². The fourth-order valence-electron chi connectivity index (χ4n) is 1.65. The number of carbonyl (C=O) groups is 1. The molecule has 0 aliphatic rings. The number of aliphatic carboxylic acids is 1. The molecule has 0 saturated heterocycles. The van der Waals surface area contributed by atoms with E-state index in [0.29, 0.717) is 12.3 Å². The Morgan fingerprint density at radius 3 is 2.61 bits per heavy atom. The van der Waals surface area contributed by atoms with Crippen molar-refractivity contribution in [3.8, 4) is 0 Å². The Morgan fingerprint density at radius 2 is 1.94 bits per heavy atom. The number of nitrogens with zero attached hydrogens (tertiary/aromatic N) is 2. The van der Waals surface area contributed by atoms with Crippen molar-refractivity contribution in [2.75, 3.05) is 0 Å². The highest BCUT2D eigenvalue weighted by Crippen LogP contribution is 2.13. The number of carboxylic acid groups (broad SMARTS) is 1. The maximum atomic E-state index is 10.5. The van der Waals surface area contributed by atoms with E-state index in [0.717, 1.165) is 5.56 Å². The van der Waals surface area contributed by atoms with Gasteiger partial charge in [-0.1, -0.05) is 18.2 Å². The lowest BCUT2D eigenvalue weighted by atomic mass is 10.0. The molecule has 0 fully saturated rings. The summed E-state index contributed by atoms with van der Waals surface area (Å²) in [5, 5.41) is 16.1. The number of carboxylic acids is 1. The molecule has 1 aromatic carbocycles. The molecule has 0 aliphatic carbocycles. The molecule has 0 atom stereocenters. The van der Waals surface area contributed by atoms with Crippen LogP contribution in [0, 0.1) is 13.8 Å². The molecular weight excluding hydrogens is 232 g/mol. The van der Waals surface area contributed by atoms with Gasteiger partial charge in [0.05, 0.1) is 6.42 Å². The summed E-state index contributed by atoms with van der Waals surface area (Å²) in [4.78, 5) is 10.5. The van der Waals surface area contributed by atoms with Gasteiger partial charge in [0, 0.05) is 0 Å². The Hall–Kier alpha value is -2.17. The number of aromatic nitrogens is 2. The van der Waals surface area contributed by atoms with Gasteiger partial charge in [-0.2, -0.15) is 0 Å². The Bertz CT molecular complexity index is 575. The van der Waals surface area contributed by atoms with Crippen molar-refractivity contribution in [2.45, 2.75) is 26.7 Å². The zero-order valence-electron chi connectivity index (χ0n) is 10.3. The van der Waals surface area contributed by atoms with Crippen LogP contribution < -0.4 is 0 Å². The van der Waals surface area contributed by atoms with Gasteiger partial charge in [-0.05, 0) is 30.5 Å². The van der Waals surface area contributed by atoms with Crippen LogP contribution in [0.1, 0.15) is 28.5 Å². The van der Waals surface area contributed by atoms with E-state index in [9.17, 15) is 4.79 Å². The number of rotatable bonds is 4. The highest BCUT2D eigenvalue weighted by Gasteiger charge is 2.10. The van der Waals surface area contributed by atoms with Crippen molar-refractivity contribution in [2.24, 2.45) is 0 Å². The maximum Gasteiger partial charge on any atom is 0.312 e. The number of benzene rings is 1. The Labute approximate surface area is 104 Å². The Kier molecular flexibility index (Phi) is 3.41. The first-order chi connectivity index (χ1) is 8.54. The quantitative estimate of drug-likeness (QED) is 0.891. The standard InChI is InChI=1S/C13H14N2O3/c1-8-3-4-10(5-9(8)2)6-11-14-15-12(18-11)7-13(16)17/h3-5H,6-7H2,1-2H3,(H,16,17). The summed E-state index contributed by atoms with van der Waals surface area (Å²) >= 11 is 0. The van der Waals surface area contributed by atoms with E-state index >= 15 is 0 Å². The van der Waals surface area contributed by atoms with Crippen molar-refractivity contribution in [3.05, 3.63) is 46.7 Å². The smallest absolute Gasteiger partial charge is 0.312 e. The van der Waals surface area contributed by atoms with Crippen LogP contribution in [-0.2, 0) is 17.6 Å². The molecular formula is C13H14N2O3. The van der Waals surface area contributed by atoms with Gasteiger partial charge in [0.15, 0.2) is 0 Å². The zero-order chi connectivity index (χ0) is 13.1. The molecule has 2 rings (SSSR count). The third-order valence-corrected chi connectivity index (χ3v) is 2.74. The molecule has 18 heavy (non-hydrogen) atoms. The molecule has 0 amide bonds. The minimum absolute atomic E-state index is 0.140. The lowest BCUT2D eigenvalue weighted by Gasteiger charge is -2.02. The van der Waals surface area contributed by atoms with Gasteiger partial charge < -0.3 is 9.52 Å². The van der Waals surface area contributed by atoms with E-state index in [1.807, 2.05) is 19.1 Å². The van der Waals surface area contributed by atoms with Crippen LogP contribution in [0.4, 0.5) is 0 Å². The first kappa shape index (κ1) is 12.3. The molecule has 1 heterocycles. The van der Waals surface area contributed by atoms with E-state index in [-0.39, 0.29) is 12.3 Å². The van der Waals surface area contributed by atoms with Crippen LogP contribution in [0.3, 0.4) is 0 Å². The van der Waals surface area contributed by atoms with Gasteiger partial charge in [0.25, 0.3) is 0 Å². The molecule has 2 aromatic rings. The van der Waals surface area contributed by atoms with Gasteiger partial charge in [-0.3, -0.25) is 4.79 Å². The fraction of sp³-hybridized carbons (Fsp3) is 0.308. The van der Waals surface area contributed by atoms with E-state index in [1.165, 1.54) is 11.1 Å². The summed E-state index contributed by atoms with van der Waals surface area (Å²) in [5.74, 6) is -0.396. The monoisotopic (exact) mass is 246 g/mol. The molecule has 94 valence electrons. The van der Waals surface area contributed by atoms with Crippen LogP contribution in [0.2, 0.25) is 0 Å². The fourth-order valence-corrected chi connectivity index (χ4v) is 1.65. The van der Waals surface area contributed by atoms with Crippen molar-refractivity contribution in [1.29, 1.82) is 0 Å². The topological polar surface area (TPSA) is 76.2 Å². The normalized spacial score (nSPS) is 10.6. The molecule has 5 heteroatoms. The molecule has 0 aliphatic heterocycles. The van der Waals surface area contributed by atoms with Crippen molar-refractivity contribution in [3.63, 3.8) is 0 Å². The second-order valence-corrected chi connectivity index (χ2v) is 4.26. The van der Waals surface area contributed by atoms with Crippen molar-refractivity contribution >= 4 is 5.97 Å². The lowest BCUT2D eigenvalue weighted by Crippen LogP contribution is -1.99. The van der Waals surface area contributed by atoms with Crippen molar-refractivity contribution in [1.82, 2.24) is 10.2 Å². The summed E-state index contributed by atoms with van der Waals surface area (Å²) < 4.78 is 5.27. The molecule has 0 radical (unpaired) electrons. The van der Waals surface area contributed by atoms with Crippen LogP contribution in [0.5, 0.6) is 0 Å². The van der Waals surface area contributed by atoms with Gasteiger partial charge in [0.2, 0.25) is 11.8 Å². The average Bonchev–Trinajstić information content (AvgIpc) is 2.70. The third-order valence-electron chi connectivity index (χ3n) is 2.74. The summed E-state index contributed by atoms with van der Waals surface area (Å²) in [6.45, 7) is 4.10. The predicted molar refractivity (Wildman–Crippen MR) is 64.4 cm³/mol. The van der Waals surface area contributed by atoms with Gasteiger partial charge in [-0.15, -0.1) is 10.2 Å². The molecule has 5 nitrogen and oxygen atoms in total. The molecule has 0 saturated carbocycles. The van der Waals surface area contributed by atoms with E-state index in [4.69, 9.17) is 9.52 Å². The van der Waals surface area contributed by atoms with Crippen LogP contribution in [-0.4, -0.2) is 21.3 Å². The lowest BCUT2D eigenvalue weighted by molar-refractivity contribution is -0.136. The summed E-state index contributed by atoms with van der Waals surface area (Å²) in [5.41, 5.74) is 3.51. The number of aryl methyl sites for hydroxylation is 2. The van der Waals surface area contributed by atoms with E-state index < -0.39 is 5.97 Å². The van der Waals surface area contributed by atoms with Crippen LogP contribution in [0.15, 0.2) is 22.6 Å². The SMILES string of the molecule is Cc1ccc(Cc2nnc(CC(=O)O)o2)cc1C. The Morgan fingerprint density at radius 1 is 1.22 bits per heavy atom. The predicted octanol–water partition coefficient (Wildman–Crippen LogP) is 1.90. The van der Waals surface area contributed by atoms with Crippen LogP contribution in [0.25, 0.3) is 0 Å². The highest BCUT2D eigenvalue weighted by atomic mass is 16.4. The summed E-state index contributed by atoms with van der Waals surface area (Å²) in [6.07, 6.45) is 0.285. The van der Waals surface area contributed by atoms with Gasteiger partial charge in [-0.25, -0.2) is 0 Å². The second-order valence-electron chi connectivity index (χ2n) is 4.26. The van der Waals surface area contributed by atoms with Gasteiger partial charge in [0.1, 0.15) is 6.42 Å². The molecule has 0 bridgehead atoms. The first-order valence-electron chi connectivity index (χ1n) is 5.64. The first-order valence-corrected chi connectivity index (χ1v) is 5.64. The maximum absolute atomic E-state index is 10.5. The molecule has 0 spiro atoms. The third kappa shape index (κ3) is 2.94. The molecule has 1 aromatic heterocycles. The zero-order valence-corrected chi connectivity index (χ0v) is 10.3. The largest absolute Gasteiger partial charge is 0.481 e. The number of hydrogen-bond donors (Lipinski definition) is 1. The number of hydrogen-bond acceptors (Lipinski definition) is 4. The molecule has 1 N–H and O–H groups in total. The second kappa shape index (κ2) is 5.00. The molecule has 0 unspecified atom stereocenters. The highest BCUT2D eigenvalue weighted by molar-refractivity contribution is 5.68. The average molecular weight is 246 g/mol. The minimum Gasteiger partial charge on any atom is -0.481 e. The van der Waals surface area contributed by atoms with E-state index in [2.05, 4.69) is 23.2 Å². The van der Waals surface area contributed by atoms with E-state index in [1.54, 1.807) is 0 Å². The summed E-state index contributed by atoms with van der Waals surface area (Å²) in [6, 6.07) is 6.11.